The van der Waals surface area contributed by atoms with Crippen LogP contribution in [0.15, 0.2) is 29.4 Å². The van der Waals surface area contributed by atoms with Gasteiger partial charge in [0.15, 0.2) is 5.82 Å². The van der Waals surface area contributed by atoms with Crippen molar-refractivity contribution in [1.29, 1.82) is 0 Å². The molecule has 1 unspecified atom stereocenters. The van der Waals surface area contributed by atoms with E-state index in [1.165, 1.54) is 0 Å². The highest BCUT2D eigenvalue weighted by Gasteiger charge is 2.63. The van der Waals surface area contributed by atoms with Crippen LogP contribution >= 0.6 is 23.2 Å². The van der Waals surface area contributed by atoms with Gasteiger partial charge in [-0.3, -0.25) is 4.79 Å². The van der Waals surface area contributed by atoms with Crippen molar-refractivity contribution in [3.63, 3.8) is 0 Å². The molecular weight excluding hydrogens is 485 g/mol. The second-order valence-corrected chi connectivity index (χ2v) is 8.82. The van der Waals surface area contributed by atoms with E-state index in [0.717, 1.165) is 28.8 Å². The summed E-state index contributed by atoms with van der Waals surface area (Å²) in [6.07, 6.45) is -5.51. The highest BCUT2D eigenvalue weighted by atomic mass is 35.5. The van der Waals surface area contributed by atoms with Crippen LogP contribution in [0.1, 0.15) is 46.0 Å². The molecule has 5 nitrogen and oxygen atoms in total. The van der Waals surface area contributed by atoms with Crippen molar-refractivity contribution in [3.8, 4) is 0 Å². The minimum atomic E-state index is -4.88. The quantitative estimate of drug-likeness (QED) is 0.431. The van der Waals surface area contributed by atoms with Crippen molar-refractivity contribution in [2.24, 2.45) is 5.16 Å². The Hall–Kier alpha value is -2.52. The fourth-order valence-corrected chi connectivity index (χ4v) is 4.59. The van der Waals surface area contributed by atoms with Crippen LogP contribution in [0.5, 0.6) is 0 Å². The zero-order valence-electron chi connectivity index (χ0n) is 17.6. The van der Waals surface area contributed by atoms with E-state index in [2.05, 4.69) is 10.5 Å². The maximum absolute atomic E-state index is 14.2. The molecule has 2 aliphatic rings. The number of benzene rings is 2. The van der Waals surface area contributed by atoms with Gasteiger partial charge < -0.3 is 15.1 Å². The first-order valence-corrected chi connectivity index (χ1v) is 10.8. The van der Waals surface area contributed by atoms with Gasteiger partial charge in [-0.05, 0) is 48.7 Å². The van der Waals surface area contributed by atoms with Gasteiger partial charge in [-0.15, -0.1) is 0 Å². The molecule has 0 aromatic heterocycles. The van der Waals surface area contributed by atoms with Crippen LogP contribution in [-0.2, 0) is 23.5 Å². The summed E-state index contributed by atoms with van der Waals surface area (Å²) in [5.41, 5.74) is -0.285. The van der Waals surface area contributed by atoms with Gasteiger partial charge >= 0.3 is 6.18 Å². The fourth-order valence-electron chi connectivity index (χ4n) is 4.10. The number of hydrogen-bond donors (Lipinski definition) is 1. The van der Waals surface area contributed by atoms with Crippen molar-refractivity contribution >= 4 is 34.9 Å². The van der Waals surface area contributed by atoms with Crippen LogP contribution in [-0.4, -0.2) is 29.4 Å². The summed E-state index contributed by atoms with van der Waals surface area (Å²) in [6, 6.07) is 5.32. The smallest absolute Gasteiger partial charge is 0.372 e. The summed E-state index contributed by atoms with van der Waals surface area (Å²) in [7, 11) is 0. The lowest BCUT2D eigenvalue weighted by atomic mass is 9.89. The SMILES string of the molecule is CCNC(=O)c1cc2c(cc1C)CN(C1=NOC(c3cc(Cl)c(F)c(Cl)c3)(C(F)(F)F)C1)C2. The van der Waals surface area contributed by atoms with E-state index in [0.29, 0.717) is 18.7 Å². The molecule has 0 bridgehead atoms. The summed E-state index contributed by atoms with van der Waals surface area (Å²) in [4.78, 5) is 19.0. The van der Waals surface area contributed by atoms with Crippen molar-refractivity contribution in [2.45, 2.75) is 45.1 Å². The molecule has 2 aliphatic heterocycles. The first-order chi connectivity index (χ1) is 15.5. The minimum Gasteiger partial charge on any atom is -0.372 e. The predicted molar refractivity (Wildman–Crippen MR) is 116 cm³/mol. The van der Waals surface area contributed by atoms with E-state index < -0.39 is 39.6 Å². The summed E-state index contributed by atoms with van der Waals surface area (Å²) in [5, 5.41) is 5.42. The van der Waals surface area contributed by atoms with Crippen LogP contribution < -0.4 is 5.32 Å². The zero-order valence-corrected chi connectivity index (χ0v) is 19.1. The number of nitrogens with one attached hydrogen (secondary N) is 1. The van der Waals surface area contributed by atoms with Crippen LogP contribution in [0.25, 0.3) is 0 Å². The van der Waals surface area contributed by atoms with Crippen LogP contribution in [0.4, 0.5) is 17.6 Å². The number of hydrogen-bond acceptors (Lipinski definition) is 4. The lowest BCUT2D eigenvalue weighted by molar-refractivity contribution is -0.275. The average molecular weight is 504 g/mol. The number of amides is 1. The molecule has 1 N–H and O–H groups in total. The molecule has 0 spiro atoms. The van der Waals surface area contributed by atoms with E-state index >= 15 is 0 Å². The summed E-state index contributed by atoms with van der Waals surface area (Å²) < 4.78 is 56.5. The minimum absolute atomic E-state index is 0.0808. The Bertz CT molecular complexity index is 1150. The molecule has 0 aliphatic carbocycles. The molecule has 0 radical (unpaired) electrons. The van der Waals surface area contributed by atoms with Crippen molar-refractivity contribution in [2.75, 3.05) is 6.54 Å². The highest BCUT2D eigenvalue weighted by molar-refractivity contribution is 6.35. The van der Waals surface area contributed by atoms with Gasteiger partial charge in [-0.1, -0.05) is 34.4 Å². The summed E-state index contributed by atoms with van der Waals surface area (Å²) >= 11 is 11.5. The van der Waals surface area contributed by atoms with Crippen molar-refractivity contribution in [3.05, 3.63) is 67.9 Å². The highest BCUT2D eigenvalue weighted by Crippen LogP contribution is 2.50. The van der Waals surface area contributed by atoms with Crippen LogP contribution in [0, 0.1) is 12.7 Å². The number of aryl methyl sites for hydroxylation is 1. The summed E-state index contributed by atoms with van der Waals surface area (Å²) in [6.45, 7) is 4.68. The van der Waals surface area contributed by atoms with E-state index in [4.69, 9.17) is 28.0 Å². The second-order valence-electron chi connectivity index (χ2n) is 8.01. The molecule has 4 rings (SSSR count). The molecule has 2 heterocycles. The van der Waals surface area contributed by atoms with E-state index in [9.17, 15) is 22.4 Å². The van der Waals surface area contributed by atoms with Crippen LogP contribution in [0.2, 0.25) is 10.0 Å². The maximum atomic E-state index is 14.2. The van der Waals surface area contributed by atoms with Gasteiger partial charge in [0.05, 0.1) is 16.5 Å². The van der Waals surface area contributed by atoms with Crippen molar-refractivity contribution in [1.82, 2.24) is 10.2 Å². The Balaban J connectivity index is 1.62. The molecule has 0 saturated heterocycles. The Morgan fingerprint density at radius 1 is 1.18 bits per heavy atom. The normalized spacial score (nSPS) is 19.9. The molecule has 176 valence electrons. The number of nitrogens with zero attached hydrogens (tertiary/aromatic N) is 2. The van der Waals surface area contributed by atoms with Gasteiger partial charge in [0.25, 0.3) is 11.5 Å². The van der Waals surface area contributed by atoms with Crippen LogP contribution in [0.3, 0.4) is 0 Å². The number of halogens is 6. The summed E-state index contributed by atoms with van der Waals surface area (Å²) in [5.74, 6) is -1.14. The molecular formula is C22H19Cl2F4N3O2. The Labute approximate surface area is 197 Å². The third-order valence-electron chi connectivity index (χ3n) is 5.84. The Morgan fingerprint density at radius 2 is 1.79 bits per heavy atom. The number of amidine groups is 1. The number of carbonyl (C=O) groups is 1. The molecule has 33 heavy (non-hydrogen) atoms. The van der Waals surface area contributed by atoms with E-state index in [-0.39, 0.29) is 18.3 Å². The molecule has 0 fully saturated rings. The van der Waals surface area contributed by atoms with Gasteiger partial charge in [0.1, 0.15) is 5.84 Å². The standard InChI is InChI=1S/C22H19Cl2F4N3O2/c1-3-29-20(32)15-5-13-10-31(9-12(13)4-11(15)2)18-8-21(33-30-18,22(26,27)28)14-6-16(23)19(25)17(24)7-14/h4-7H,3,8-10H2,1-2H3,(H,29,32). The predicted octanol–water partition coefficient (Wildman–Crippen LogP) is 5.70. The largest absolute Gasteiger partial charge is 0.435 e. The Morgan fingerprint density at radius 3 is 2.36 bits per heavy atom. The number of oxime groups is 1. The van der Waals surface area contributed by atoms with Gasteiger partial charge in [-0.2, -0.15) is 13.2 Å². The number of fused-ring (bicyclic) bond motifs is 1. The molecule has 11 heteroatoms. The first-order valence-electron chi connectivity index (χ1n) is 10.1. The lowest BCUT2D eigenvalue weighted by Crippen LogP contribution is -2.44. The monoisotopic (exact) mass is 503 g/mol. The lowest BCUT2D eigenvalue weighted by Gasteiger charge is -2.30. The average Bonchev–Trinajstić information content (AvgIpc) is 3.35. The maximum Gasteiger partial charge on any atom is 0.435 e. The molecule has 1 amide bonds. The molecule has 1 atom stereocenters. The van der Waals surface area contributed by atoms with Gasteiger partial charge in [0.2, 0.25) is 0 Å². The van der Waals surface area contributed by atoms with E-state index in [1.807, 2.05) is 13.0 Å². The number of carbonyl (C=O) groups excluding carboxylic acids is 1. The van der Waals surface area contributed by atoms with E-state index in [1.54, 1.807) is 17.9 Å². The third kappa shape index (κ3) is 4.01. The first kappa shape index (κ1) is 23.6. The molecule has 2 aromatic carbocycles. The fraction of sp³-hybridized carbons (Fsp3) is 0.364. The Kier molecular flexibility index (Phi) is 5.99. The molecule has 2 aromatic rings. The number of alkyl halides is 3. The second kappa shape index (κ2) is 8.36. The van der Waals surface area contributed by atoms with Gasteiger partial charge in [-0.25, -0.2) is 4.39 Å². The number of rotatable bonds is 3. The molecule has 0 saturated carbocycles. The zero-order chi connectivity index (χ0) is 24.1. The van der Waals surface area contributed by atoms with Crippen molar-refractivity contribution < 1.29 is 27.2 Å². The topological polar surface area (TPSA) is 53.9 Å². The third-order valence-corrected chi connectivity index (χ3v) is 6.39. The van der Waals surface area contributed by atoms with Gasteiger partial charge in [0, 0.05) is 30.8 Å².